The number of alkyl halides is 5. The molecule has 0 saturated heterocycles. The number of pyridine rings is 2. The van der Waals surface area contributed by atoms with Gasteiger partial charge in [0.25, 0.3) is 18.2 Å². The highest BCUT2D eigenvalue weighted by Crippen LogP contribution is 2.34. The van der Waals surface area contributed by atoms with Crippen LogP contribution in [0.4, 0.5) is 27.6 Å². The number of rotatable bonds is 7. The van der Waals surface area contributed by atoms with Crippen LogP contribution in [0.5, 0.6) is 11.6 Å². The van der Waals surface area contributed by atoms with Crippen molar-refractivity contribution in [3.63, 3.8) is 0 Å². The Labute approximate surface area is 189 Å². The number of carbonyl (C=O) groups excluding carboxylic acids is 1. The van der Waals surface area contributed by atoms with Gasteiger partial charge in [-0.1, -0.05) is 0 Å². The molecule has 0 spiro atoms. The van der Waals surface area contributed by atoms with Gasteiger partial charge in [-0.25, -0.2) is 13.8 Å². The topological polar surface area (TPSA) is 82.4 Å². The van der Waals surface area contributed by atoms with Crippen molar-refractivity contribution >= 4 is 11.6 Å². The van der Waals surface area contributed by atoms with Crippen LogP contribution in [0.2, 0.25) is 0 Å². The predicted octanol–water partition coefficient (Wildman–Crippen LogP) is 4.02. The van der Waals surface area contributed by atoms with E-state index in [1.165, 1.54) is 30.5 Å². The molecular formula is C21H18F5N5O3. The first-order chi connectivity index (χ1) is 16.1. The minimum Gasteiger partial charge on any atom is -0.482 e. The summed E-state index contributed by atoms with van der Waals surface area (Å²) in [5, 5.41) is 3.68. The van der Waals surface area contributed by atoms with E-state index in [2.05, 4.69) is 15.1 Å². The highest BCUT2D eigenvalue weighted by atomic mass is 19.4. The molecular weight excluding hydrogens is 465 g/mol. The standard InChI is InChI=1S/C21H18F5N5O3/c1-11-3-14(12-4-16(34-9-17(22)23)19(33-2)27-5-12)29-15-8-31(20(32)18(11)15)13-6-28-30(7-13)10-21(24,25)26/h3-7,17H,8-10H2,1-2H3. The van der Waals surface area contributed by atoms with Gasteiger partial charge in [0.05, 0.1) is 42.5 Å². The number of aryl methyl sites for hydroxylation is 1. The Morgan fingerprint density at radius 2 is 1.97 bits per heavy atom. The number of fused-ring (bicyclic) bond motifs is 1. The van der Waals surface area contributed by atoms with E-state index in [-0.39, 0.29) is 23.9 Å². The smallest absolute Gasteiger partial charge is 0.408 e. The van der Waals surface area contributed by atoms with Gasteiger partial charge in [-0.15, -0.1) is 0 Å². The third kappa shape index (κ3) is 4.77. The summed E-state index contributed by atoms with van der Waals surface area (Å²) in [5.41, 5.74) is 2.40. The van der Waals surface area contributed by atoms with Crippen LogP contribution in [0.1, 0.15) is 21.6 Å². The average molecular weight is 483 g/mol. The van der Waals surface area contributed by atoms with Crippen LogP contribution >= 0.6 is 0 Å². The van der Waals surface area contributed by atoms with Crippen molar-refractivity contribution < 1.29 is 36.2 Å². The third-order valence-electron chi connectivity index (χ3n) is 5.00. The van der Waals surface area contributed by atoms with E-state index in [4.69, 9.17) is 9.47 Å². The van der Waals surface area contributed by atoms with Gasteiger partial charge in [0.2, 0.25) is 0 Å². The number of aromatic nitrogens is 4. The quantitative estimate of drug-likeness (QED) is 0.472. The molecule has 4 rings (SSSR count). The molecule has 0 radical (unpaired) electrons. The third-order valence-corrected chi connectivity index (χ3v) is 5.00. The van der Waals surface area contributed by atoms with E-state index < -0.39 is 31.7 Å². The normalized spacial score (nSPS) is 13.5. The first-order valence-corrected chi connectivity index (χ1v) is 9.92. The molecule has 0 bridgehead atoms. The number of amides is 1. The second kappa shape index (κ2) is 8.88. The van der Waals surface area contributed by atoms with Gasteiger partial charge in [0.1, 0.15) is 13.2 Å². The fourth-order valence-electron chi connectivity index (χ4n) is 3.60. The van der Waals surface area contributed by atoms with Crippen molar-refractivity contribution in [3.05, 3.63) is 47.5 Å². The second-order valence-electron chi connectivity index (χ2n) is 7.48. The first-order valence-electron chi connectivity index (χ1n) is 9.92. The maximum absolute atomic E-state index is 13.0. The monoisotopic (exact) mass is 483 g/mol. The van der Waals surface area contributed by atoms with Crippen LogP contribution < -0.4 is 14.4 Å². The number of methoxy groups -OCH3 is 1. The van der Waals surface area contributed by atoms with Gasteiger partial charge < -0.3 is 9.47 Å². The molecule has 13 heteroatoms. The van der Waals surface area contributed by atoms with Crippen LogP contribution in [0.15, 0.2) is 30.7 Å². The summed E-state index contributed by atoms with van der Waals surface area (Å²) in [6.45, 7) is -0.393. The van der Waals surface area contributed by atoms with E-state index in [9.17, 15) is 26.7 Å². The summed E-state index contributed by atoms with van der Waals surface area (Å²) in [6, 6.07) is 3.09. The average Bonchev–Trinajstić information content (AvgIpc) is 3.34. The van der Waals surface area contributed by atoms with Crippen molar-refractivity contribution in [1.29, 1.82) is 0 Å². The molecule has 3 aromatic rings. The number of carbonyl (C=O) groups is 1. The summed E-state index contributed by atoms with van der Waals surface area (Å²) in [7, 11) is 1.33. The molecule has 8 nitrogen and oxygen atoms in total. The van der Waals surface area contributed by atoms with Gasteiger partial charge in [0, 0.05) is 18.0 Å². The van der Waals surface area contributed by atoms with E-state index in [0.717, 1.165) is 6.20 Å². The summed E-state index contributed by atoms with van der Waals surface area (Å²) >= 11 is 0. The second-order valence-corrected chi connectivity index (χ2v) is 7.48. The number of nitrogens with zero attached hydrogens (tertiary/aromatic N) is 5. The molecule has 0 saturated carbocycles. The van der Waals surface area contributed by atoms with E-state index in [0.29, 0.717) is 32.8 Å². The molecule has 4 heterocycles. The van der Waals surface area contributed by atoms with Crippen molar-refractivity contribution in [3.8, 4) is 22.9 Å². The number of hydrogen-bond donors (Lipinski definition) is 0. The lowest BCUT2D eigenvalue weighted by molar-refractivity contribution is -0.142. The fourth-order valence-corrected chi connectivity index (χ4v) is 3.60. The molecule has 0 fully saturated rings. The SMILES string of the molecule is COc1ncc(-c2cc(C)c3c(n2)CN(c2cnn(CC(F)(F)F)c2)C3=O)cc1OCC(F)F. The maximum atomic E-state index is 13.0. The van der Waals surface area contributed by atoms with E-state index in [1.54, 1.807) is 13.0 Å². The minimum absolute atomic E-state index is 0.00929. The molecule has 3 aromatic heterocycles. The van der Waals surface area contributed by atoms with E-state index >= 15 is 0 Å². The van der Waals surface area contributed by atoms with Gasteiger partial charge in [-0.3, -0.25) is 19.4 Å². The summed E-state index contributed by atoms with van der Waals surface area (Å²) in [6.07, 6.45) is -3.37. The summed E-state index contributed by atoms with van der Waals surface area (Å²) in [4.78, 5) is 22.8. The first kappa shape index (κ1) is 23.4. The van der Waals surface area contributed by atoms with E-state index in [1.807, 2.05) is 0 Å². The molecule has 0 aliphatic carbocycles. The van der Waals surface area contributed by atoms with Crippen molar-refractivity contribution in [1.82, 2.24) is 19.7 Å². The lowest BCUT2D eigenvalue weighted by Crippen LogP contribution is -2.23. The number of anilines is 1. The Morgan fingerprint density at radius 1 is 1.21 bits per heavy atom. The zero-order valence-corrected chi connectivity index (χ0v) is 17.9. The Bertz CT molecular complexity index is 1230. The Hall–Kier alpha value is -3.77. The van der Waals surface area contributed by atoms with Crippen LogP contribution in [0.3, 0.4) is 0 Å². The molecule has 1 aliphatic rings. The minimum atomic E-state index is -4.45. The molecule has 34 heavy (non-hydrogen) atoms. The highest BCUT2D eigenvalue weighted by molar-refractivity contribution is 6.10. The summed E-state index contributed by atoms with van der Waals surface area (Å²) < 4.78 is 73.9. The van der Waals surface area contributed by atoms with Gasteiger partial charge in [-0.2, -0.15) is 18.3 Å². The van der Waals surface area contributed by atoms with Crippen LogP contribution in [-0.4, -0.2) is 52.0 Å². The van der Waals surface area contributed by atoms with Crippen molar-refractivity contribution in [2.45, 2.75) is 32.6 Å². The zero-order chi connectivity index (χ0) is 24.6. The molecule has 1 aliphatic heterocycles. The predicted molar refractivity (Wildman–Crippen MR) is 109 cm³/mol. The van der Waals surface area contributed by atoms with Crippen LogP contribution in [-0.2, 0) is 13.1 Å². The largest absolute Gasteiger partial charge is 0.482 e. The Kier molecular flexibility index (Phi) is 6.11. The van der Waals surface area contributed by atoms with Gasteiger partial charge in [-0.05, 0) is 24.6 Å². The Morgan fingerprint density at radius 3 is 2.65 bits per heavy atom. The van der Waals surface area contributed by atoms with Crippen molar-refractivity contribution in [2.24, 2.45) is 0 Å². The molecule has 0 N–H and O–H groups in total. The number of halogens is 5. The fraction of sp³-hybridized carbons (Fsp3) is 0.333. The number of hydrogen-bond acceptors (Lipinski definition) is 6. The molecule has 0 unspecified atom stereocenters. The highest BCUT2D eigenvalue weighted by Gasteiger charge is 2.34. The molecule has 0 atom stereocenters. The summed E-state index contributed by atoms with van der Waals surface area (Å²) in [5.74, 6) is -0.374. The van der Waals surface area contributed by atoms with Crippen LogP contribution in [0, 0.1) is 6.92 Å². The molecule has 180 valence electrons. The lowest BCUT2D eigenvalue weighted by atomic mass is 10.0. The Balaban J connectivity index is 1.63. The molecule has 1 amide bonds. The van der Waals surface area contributed by atoms with Gasteiger partial charge >= 0.3 is 6.18 Å². The van der Waals surface area contributed by atoms with Crippen molar-refractivity contribution in [2.75, 3.05) is 18.6 Å². The maximum Gasteiger partial charge on any atom is 0.408 e. The number of ether oxygens (including phenoxy) is 2. The van der Waals surface area contributed by atoms with Crippen LogP contribution in [0.25, 0.3) is 11.3 Å². The molecule has 0 aromatic carbocycles. The van der Waals surface area contributed by atoms with Gasteiger partial charge in [0.15, 0.2) is 5.75 Å². The lowest BCUT2D eigenvalue weighted by Gasteiger charge is -2.12. The zero-order valence-electron chi connectivity index (χ0n) is 17.9.